The number of nitrogens with one attached hydrogen (secondary N) is 1. The molecule has 4 heteroatoms. The molecule has 0 saturated carbocycles. The van der Waals surface area contributed by atoms with Crippen molar-refractivity contribution in [2.75, 3.05) is 5.32 Å². The number of halogens is 1. The molecule has 0 bridgehead atoms. The molecule has 1 aromatic heterocycles. The molecule has 0 fully saturated rings. The maximum Gasteiger partial charge on any atom is 0.135 e. The first-order valence-electron chi connectivity index (χ1n) is 7.19. The van der Waals surface area contributed by atoms with E-state index in [0.29, 0.717) is 11.2 Å². The first-order valence-corrected chi connectivity index (χ1v) is 7.57. The minimum absolute atomic E-state index is 0.287. The molecular formula is C15H26ClN3. The minimum atomic E-state index is 0.287. The molecule has 0 amide bonds. The van der Waals surface area contributed by atoms with Crippen molar-refractivity contribution in [3.63, 3.8) is 0 Å². The Morgan fingerprint density at radius 3 is 2.37 bits per heavy atom. The predicted molar refractivity (Wildman–Crippen MR) is 82.9 cm³/mol. The van der Waals surface area contributed by atoms with Gasteiger partial charge in [0.2, 0.25) is 0 Å². The van der Waals surface area contributed by atoms with Crippen LogP contribution in [0.25, 0.3) is 0 Å². The van der Waals surface area contributed by atoms with Gasteiger partial charge in [0.25, 0.3) is 0 Å². The molecule has 108 valence electrons. The quantitative estimate of drug-likeness (QED) is 0.725. The van der Waals surface area contributed by atoms with E-state index in [1.165, 1.54) is 12.8 Å². The van der Waals surface area contributed by atoms with Crippen molar-refractivity contribution in [2.45, 2.75) is 65.8 Å². The Labute approximate surface area is 122 Å². The van der Waals surface area contributed by atoms with Crippen LogP contribution in [0.2, 0.25) is 5.15 Å². The van der Waals surface area contributed by atoms with Crippen LogP contribution in [0.15, 0.2) is 6.07 Å². The topological polar surface area (TPSA) is 37.8 Å². The predicted octanol–water partition coefficient (Wildman–Crippen LogP) is 4.88. The molecule has 1 heterocycles. The second-order valence-corrected chi connectivity index (χ2v) is 6.35. The Bertz CT molecular complexity index is 391. The molecule has 0 saturated heterocycles. The standard InChI is InChI=1S/C15H26ClN3/c1-10(2)7-6-8-12(5)17-14-9-13(16)18-15(19-14)11(3)4/h9-12H,6-8H2,1-5H3,(H,17,18,19). The van der Waals surface area contributed by atoms with Crippen molar-refractivity contribution >= 4 is 17.4 Å². The van der Waals surface area contributed by atoms with Gasteiger partial charge in [-0.3, -0.25) is 0 Å². The summed E-state index contributed by atoms with van der Waals surface area (Å²) in [4.78, 5) is 8.75. The first kappa shape index (κ1) is 16.2. The van der Waals surface area contributed by atoms with Crippen LogP contribution in [-0.4, -0.2) is 16.0 Å². The van der Waals surface area contributed by atoms with Crippen LogP contribution in [0.3, 0.4) is 0 Å². The van der Waals surface area contributed by atoms with E-state index >= 15 is 0 Å². The maximum absolute atomic E-state index is 6.03. The fourth-order valence-corrected chi connectivity index (χ4v) is 2.11. The Hall–Kier alpha value is -0.830. The molecule has 1 rings (SSSR count). The molecular weight excluding hydrogens is 258 g/mol. The van der Waals surface area contributed by atoms with Crippen LogP contribution in [0, 0.1) is 5.92 Å². The summed E-state index contributed by atoms with van der Waals surface area (Å²) in [6.45, 7) is 10.9. The van der Waals surface area contributed by atoms with Gasteiger partial charge in [0.1, 0.15) is 16.8 Å². The van der Waals surface area contributed by atoms with Gasteiger partial charge in [0.05, 0.1) is 0 Å². The monoisotopic (exact) mass is 283 g/mol. The molecule has 1 atom stereocenters. The summed E-state index contributed by atoms with van der Waals surface area (Å²) in [6.07, 6.45) is 3.66. The third-order valence-electron chi connectivity index (χ3n) is 3.04. The summed E-state index contributed by atoms with van der Waals surface area (Å²) in [5.41, 5.74) is 0. The Morgan fingerprint density at radius 1 is 1.11 bits per heavy atom. The fourth-order valence-electron chi connectivity index (χ4n) is 1.92. The summed E-state index contributed by atoms with van der Waals surface area (Å²) in [7, 11) is 0. The highest BCUT2D eigenvalue weighted by Crippen LogP contribution is 2.18. The van der Waals surface area contributed by atoms with E-state index in [2.05, 4.69) is 49.9 Å². The number of anilines is 1. The normalized spacial score (nSPS) is 13.1. The van der Waals surface area contributed by atoms with Crippen molar-refractivity contribution in [3.05, 3.63) is 17.0 Å². The summed E-state index contributed by atoms with van der Waals surface area (Å²) in [6, 6.07) is 2.21. The van der Waals surface area contributed by atoms with Crippen LogP contribution < -0.4 is 5.32 Å². The average Bonchev–Trinajstić information content (AvgIpc) is 2.27. The second-order valence-electron chi connectivity index (χ2n) is 5.96. The number of nitrogens with zero attached hydrogens (tertiary/aromatic N) is 2. The zero-order valence-electron chi connectivity index (χ0n) is 12.7. The van der Waals surface area contributed by atoms with E-state index < -0.39 is 0 Å². The SMILES string of the molecule is CC(C)CCCC(C)Nc1cc(Cl)nc(C(C)C)n1. The number of rotatable bonds is 7. The van der Waals surface area contributed by atoms with Crippen LogP contribution in [-0.2, 0) is 0 Å². The average molecular weight is 284 g/mol. The van der Waals surface area contributed by atoms with Crippen molar-refractivity contribution in [1.29, 1.82) is 0 Å². The maximum atomic E-state index is 6.03. The summed E-state index contributed by atoms with van der Waals surface area (Å²) in [5.74, 6) is 2.69. The summed E-state index contributed by atoms with van der Waals surface area (Å²) >= 11 is 6.03. The molecule has 1 unspecified atom stereocenters. The Morgan fingerprint density at radius 2 is 1.79 bits per heavy atom. The van der Waals surface area contributed by atoms with E-state index in [1.807, 2.05) is 0 Å². The van der Waals surface area contributed by atoms with Crippen molar-refractivity contribution in [1.82, 2.24) is 9.97 Å². The summed E-state index contributed by atoms with van der Waals surface area (Å²) in [5, 5.41) is 3.93. The molecule has 1 N–H and O–H groups in total. The Kier molecular flexibility index (Phi) is 6.56. The van der Waals surface area contributed by atoms with Gasteiger partial charge in [0, 0.05) is 18.0 Å². The second kappa shape index (κ2) is 7.68. The van der Waals surface area contributed by atoms with Gasteiger partial charge >= 0.3 is 0 Å². The van der Waals surface area contributed by atoms with Gasteiger partial charge in [-0.15, -0.1) is 0 Å². The van der Waals surface area contributed by atoms with Crippen molar-refractivity contribution in [3.8, 4) is 0 Å². The minimum Gasteiger partial charge on any atom is -0.367 e. The van der Waals surface area contributed by atoms with Crippen molar-refractivity contribution in [2.24, 2.45) is 5.92 Å². The van der Waals surface area contributed by atoms with Crippen LogP contribution >= 0.6 is 11.6 Å². The molecule has 0 radical (unpaired) electrons. The zero-order chi connectivity index (χ0) is 14.4. The lowest BCUT2D eigenvalue weighted by atomic mass is 10.0. The van der Waals surface area contributed by atoms with Crippen LogP contribution in [0.1, 0.15) is 65.6 Å². The smallest absolute Gasteiger partial charge is 0.135 e. The van der Waals surface area contributed by atoms with Crippen molar-refractivity contribution < 1.29 is 0 Å². The molecule has 0 aliphatic carbocycles. The first-order chi connectivity index (χ1) is 8.88. The van der Waals surface area contributed by atoms with E-state index in [0.717, 1.165) is 24.0 Å². The molecule has 0 aromatic carbocycles. The fraction of sp³-hybridized carbons (Fsp3) is 0.733. The Balaban J connectivity index is 2.56. The highest BCUT2D eigenvalue weighted by atomic mass is 35.5. The third kappa shape index (κ3) is 6.24. The van der Waals surface area contributed by atoms with Crippen LogP contribution in [0.4, 0.5) is 5.82 Å². The number of hydrogen-bond acceptors (Lipinski definition) is 3. The van der Waals surface area contributed by atoms with E-state index in [9.17, 15) is 0 Å². The van der Waals surface area contributed by atoms with Gasteiger partial charge in [-0.05, 0) is 19.3 Å². The largest absolute Gasteiger partial charge is 0.367 e. The lowest BCUT2D eigenvalue weighted by Crippen LogP contribution is -2.17. The number of hydrogen-bond donors (Lipinski definition) is 1. The van der Waals surface area contributed by atoms with E-state index in [1.54, 1.807) is 6.07 Å². The molecule has 3 nitrogen and oxygen atoms in total. The lowest BCUT2D eigenvalue weighted by molar-refractivity contribution is 0.520. The molecule has 0 spiro atoms. The van der Waals surface area contributed by atoms with E-state index in [-0.39, 0.29) is 5.92 Å². The molecule has 19 heavy (non-hydrogen) atoms. The summed E-state index contributed by atoms with van der Waals surface area (Å²) < 4.78 is 0. The van der Waals surface area contributed by atoms with Gasteiger partial charge in [-0.2, -0.15) is 0 Å². The molecule has 0 aliphatic heterocycles. The van der Waals surface area contributed by atoms with Crippen LogP contribution in [0.5, 0.6) is 0 Å². The van der Waals surface area contributed by atoms with E-state index in [4.69, 9.17) is 11.6 Å². The zero-order valence-corrected chi connectivity index (χ0v) is 13.5. The number of aromatic nitrogens is 2. The molecule has 0 aliphatic rings. The lowest BCUT2D eigenvalue weighted by Gasteiger charge is -2.16. The highest BCUT2D eigenvalue weighted by Gasteiger charge is 2.09. The third-order valence-corrected chi connectivity index (χ3v) is 3.24. The van der Waals surface area contributed by atoms with Gasteiger partial charge in [-0.25, -0.2) is 9.97 Å². The highest BCUT2D eigenvalue weighted by molar-refractivity contribution is 6.29. The van der Waals surface area contributed by atoms with Gasteiger partial charge in [-0.1, -0.05) is 52.1 Å². The van der Waals surface area contributed by atoms with Gasteiger partial charge in [0.15, 0.2) is 0 Å². The van der Waals surface area contributed by atoms with Gasteiger partial charge < -0.3 is 5.32 Å². The molecule has 1 aromatic rings.